The van der Waals surface area contributed by atoms with Gasteiger partial charge in [0.1, 0.15) is 5.75 Å². The topological polar surface area (TPSA) is 88.7 Å². The second-order valence-corrected chi connectivity index (χ2v) is 7.88. The molecule has 1 N–H and O–H groups in total. The Morgan fingerprint density at radius 2 is 1.76 bits per heavy atom. The largest absolute Gasteiger partial charge is 0.493 e. The zero-order chi connectivity index (χ0) is 22.6. The minimum atomic E-state index is -0.535. The second-order valence-electron chi connectivity index (χ2n) is 7.88. The number of carbonyl (C=O) groups excluding carboxylic acids is 1. The lowest BCUT2D eigenvalue weighted by Gasteiger charge is -2.27. The summed E-state index contributed by atoms with van der Waals surface area (Å²) < 4.78 is 12.8. The molecule has 4 aromatic rings. The first kappa shape index (κ1) is 21.1. The van der Waals surface area contributed by atoms with Crippen LogP contribution >= 0.6 is 0 Å². The van der Waals surface area contributed by atoms with Gasteiger partial charge in [0.05, 0.1) is 25.4 Å². The number of benzene rings is 3. The standard InChI is InChI=1S/C25H24N4O4/c30-23(16-33-20-10-9-18-5-1-2-6-19(18)15-20)26-27-24-21-7-3-4-8-22(21)29(25(24)31)17-28-11-13-32-14-12-28/h1-10,15,31H,11-14,16-17H2. The van der Waals surface area contributed by atoms with Gasteiger partial charge in [-0.3, -0.25) is 14.3 Å². The van der Waals surface area contributed by atoms with Crippen LogP contribution in [-0.4, -0.2) is 53.4 Å². The van der Waals surface area contributed by atoms with Crippen molar-refractivity contribution in [1.82, 2.24) is 9.47 Å². The van der Waals surface area contributed by atoms with Crippen molar-refractivity contribution in [2.24, 2.45) is 10.2 Å². The van der Waals surface area contributed by atoms with Gasteiger partial charge in [-0.05, 0) is 29.0 Å². The summed E-state index contributed by atoms with van der Waals surface area (Å²) in [5.74, 6) is 0.0319. The number of amides is 1. The highest BCUT2D eigenvalue weighted by Crippen LogP contribution is 2.39. The molecule has 0 aliphatic carbocycles. The normalized spacial score (nSPS) is 14.9. The van der Waals surface area contributed by atoms with Gasteiger partial charge in [-0.25, -0.2) is 0 Å². The maximum absolute atomic E-state index is 12.3. The molecule has 0 spiro atoms. The van der Waals surface area contributed by atoms with Gasteiger partial charge in [-0.1, -0.05) is 48.5 Å². The van der Waals surface area contributed by atoms with E-state index in [1.807, 2.05) is 66.7 Å². The lowest BCUT2D eigenvalue weighted by Crippen LogP contribution is -2.37. The number of nitrogens with zero attached hydrogens (tertiary/aromatic N) is 4. The van der Waals surface area contributed by atoms with Crippen LogP contribution in [0.15, 0.2) is 77.0 Å². The molecule has 8 heteroatoms. The molecular formula is C25H24N4O4. The van der Waals surface area contributed by atoms with Crippen LogP contribution in [0.25, 0.3) is 21.7 Å². The van der Waals surface area contributed by atoms with Crippen LogP contribution in [0.5, 0.6) is 11.6 Å². The molecule has 1 fully saturated rings. The van der Waals surface area contributed by atoms with Crippen LogP contribution in [0, 0.1) is 0 Å². The SMILES string of the molecule is O=C(COc1ccc2ccccc2c1)N=Nc1c(O)n(CN2CCOCC2)c2ccccc12. The van der Waals surface area contributed by atoms with Crippen molar-refractivity contribution in [2.45, 2.75) is 6.67 Å². The lowest BCUT2D eigenvalue weighted by molar-refractivity contribution is -0.120. The third-order valence-electron chi connectivity index (χ3n) is 5.71. The van der Waals surface area contributed by atoms with Crippen molar-refractivity contribution in [1.29, 1.82) is 0 Å². The Kier molecular flexibility index (Phi) is 6.01. The van der Waals surface area contributed by atoms with Gasteiger partial charge in [0.2, 0.25) is 5.88 Å². The minimum Gasteiger partial charge on any atom is -0.493 e. The summed E-state index contributed by atoms with van der Waals surface area (Å²) in [6.45, 7) is 3.16. The van der Waals surface area contributed by atoms with Gasteiger partial charge in [0.25, 0.3) is 0 Å². The monoisotopic (exact) mass is 444 g/mol. The average Bonchev–Trinajstić information content (AvgIpc) is 3.12. The Morgan fingerprint density at radius 1 is 1.00 bits per heavy atom. The summed E-state index contributed by atoms with van der Waals surface area (Å²) in [5.41, 5.74) is 1.10. The summed E-state index contributed by atoms with van der Waals surface area (Å²) in [5, 5.41) is 21.6. The van der Waals surface area contributed by atoms with Crippen LogP contribution < -0.4 is 4.74 Å². The van der Waals surface area contributed by atoms with Crippen molar-refractivity contribution < 1.29 is 19.4 Å². The van der Waals surface area contributed by atoms with E-state index in [0.717, 1.165) is 34.8 Å². The van der Waals surface area contributed by atoms with Crippen LogP contribution in [0.1, 0.15) is 0 Å². The zero-order valence-electron chi connectivity index (χ0n) is 18.1. The van der Waals surface area contributed by atoms with E-state index >= 15 is 0 Å². The molecule has 1 aliphatic rings. The quantitative estimate of drug-likeness (QED) is 0.443. The molecule has 1 amide bonds. The van der Waals surface area contributed by atoms with E-state index in [1.165, 1.54) is 0 Å². The van der Waals surface area contributed by atoms with Crippen LogP contribution in [0.2, 0.25) is 0 Å². The van der Waals surface area contributed by atoms with Crippen molar-refractivity contribution in [2.75, 3.05) is 32.9 Å². The number of morpholine rings is 1. The minimum absolute atomic E-state index is 0.0188. The molecule has 1 saturated heterocycles. The summed E-state index contributed by atoms with van der Waals surface area (Å²) in [7, 11) is 0. The Hall–Kier alpha value is -3.75. The average molecular weight is 444 g/mol. The first-order valence-corrected chi connectivity index (χ1v) is 10.9. The zero-order valence-corrected chi connectivity index (χ0v) is 18.1. The Balaban J connectivity index is 1.31. The van der Waals surface area contributed by atoms with Crippen LogP contribution in [0.4, 0.5) is 5.69 Å². The summed E-state index contributed by atoms with van der Waals surface area (Å²) >= 11 is 0. The number of hydrogen-bond donors (Lipinski definition) is 1. The van der Waals surface area contributed by atoms with Crippen molar-refractivity contribution in [3.63, 3.8) is 0 Å². The smallest absolute Gasteiger partial charge is 0.302 e. The van der Waals surface area contributed by atoms with E-state index in [9.17, 15) is 9.90 Å². The number of azo groups is 1. The highest BCUT2D eigenvalue weighted by Gasteiger charge is 2.20. The fourth-order valence-corrected chi connectivity index (χ4v) is 3.99. The van der Waals surface area contributed by atoms with E-state index in [2.05, 4.69) is 15.1 Å². The fourth-order valence-electron chi connectivity index (χ4n) is 3.99. The third kappa shape index (κ3) is 4.57. The van der Waals surface area contributed by atoms with Gasteiger partial charge in [0, 0.05) is 18.5 Å². The molecule has 5 rings (SSSR count). The summed E-state index contributed by atoms with van der Waals surface area (Å²) in [6, 6.07) is 21.1. The molecule has 3 aromatic carbocycles. The molecule has 1 aliphatic heterocycles. The second kappa shape index (κ2) is 9.40. The van der Waals surface area contributed by atoms with Gasteiger partial charge in [0.15, 0.2) is 12.3 Å². The van der Waals surface area contributed by atoms with Gasteiger partial charge >= 0.3 is 5.91 Å². The number of fused-ring (bicyclic) bond motifs is 2. The van der Waals surface area contributed by atoms with Gasteiger partial charge in [-0.15, -0.1) is 10.2 Å². The van der Waals surface area contributed by atoms with Crippen LogP contribution in [0.3, 0.4) is 0 Å². The maximum atomic E-state index is 12.3. The van der Waals surface area contributed by atoms with Gasteiger partial charge < -0.3 is 14.6 Å². The summed E-state index contributed by atoms with van der Waals surface area (Å²) in [4.78, 5) is 14.5. The number of aromatic hydroxyl groups is 1. The number of carbonyl (C=O) groups is 1. The molecular weight excluding hydrogens is 420 g/mol. The maximum Gasteiger partial charge on any atom is 0.302 e. The molecule has 0 atom stereocenters. The molecule has 33 heavy (non-hydrogen) atoms. The molecule has 8 nitrogen and oxygen atoms in total. The molecule has 0 unspecified atom stereocenters. The molecule has 0 saturated carbocycles. The van der Waals surface area contributed by atoms with E-state index in [0.29, 0.717) is 25.6 Å². The highest BCUT2D eigenvalue weighted by molar-refractivity contribution is 5.95. The molecule has 168 valence electrons. The van der Waals surface area contributed by atoms with E-state index in [-0.39, 0.29) is 18.2 Å². The number of hydrogen-bond acceptors (Lipinski definition) is 6. The predicted octanol–water partition coefficient (Wildman–Crippen LogP) is 4.48. The van der Waals surface area contributed by atoms with Crippen molar-refractivity contribution in [3.8, 4) is 11.6 Å². The first-order valence-electron chi connectivity index (χ1n) is 10.9. The number of aromatic nitrogens is 1. The predicted molar refractivity (Wildman–Crippen MR) is 125 cm³/mol. The van der Waals surface area contributed by atoms with Gasteiger partial charge in [-0.2, -0.15) is 0 Å². The van der Waals surface area contributed by atoms with Crippen molar-refractivity contribution >= 4 is 33.3 Å². The Morgan fingerprint density at radius 3 is 2.61 bits per heavy atom. The first-order chi connectivity index (χ1) is 16.2. The number of para-hydroxylation sites is 1. The molecule has 2 heterocycles. The highest BCUT2D eigenvalue weighted by atomic mass is 16.5. The number of rotatable bonds is 6. The molecule has 0 bridgehead atoms. The van der Waals surface area contributed by atoms with E-state index in [1.54, 1.807) is 4.57 Å². The Bertz CT molecular complexity index is 1320. The number of ether oxygens (including phenoxy) is 2. The van der Waals surface area contributed by atoms with Crippen molar-refractivity contribution in [3.05, 3.63) is 66.7 Å². The van der Waals surface area contributed by atoms with E-state index in [4.69, 9.17) is 9.47 Å². The summed E-state index contributed by atoms with van der Waals surface area (Å²) in [6.07, 6.45) is 0. The third-order valence-corrected chi connectivity index (χ3v) is 5.71. The van der Waals surface area contributed by atoms with E-state index < -0.39 is 5.91 Å². The fraction of sp³-hybridized carbons (Fsp3) is 0.240. The lowest BCUT2D eigenvalue weighted by atomic mass is 10.1. The molecule has 1 aromatic heterocycles. The molecule has 0 radical (unpaired) electrons. The van der Waals surface area contributed by atoms with Crippen LogP contribution in [-0.2, 0) is 16.2 Å². The Labute approximate surface area is 190 Å².